The molecule has 0 atom stereocenters. The minimum absolute atomic E-state index is 0.0223. The number of ether oxygens (including phenoxy) is 2. The highest BCUT2D eigenvalue weighted by atomic mass is 32.2. The van der Waals surface area contributed by atoms with E-state index in [9.17, 15) is 18.0 Å². The van der Waals surface area contributed by atoms with Crippen LogP contribution in [-0.2, 0) is 24.3 Å². The molecule has 10 heteroatoms. The van der Waals surface area contributed by atoms with Gasteiger partial charge in [-0.2, -0.15) is 9.57 Å². The number of rotatable bonds is 6. The molecule has 0 aromatic heterocycles. The van der Waals surface area contributed by atoms with Gasteiger partial charge in [0, 0.05) is 18.8 Å². The minimum Gasteiger partial charge on any atom is -0.454 e. The Morgan fingerprint density at radius 1 is 1.32 bits per heavy atom. The highest BCUT2D eigenvalue weighted by Gasteiger charge is 2.27. The van der Waals surface area contributed by atoms with Crippen LogP contribution in [0.15, 0.2) is 34.4 Å². The molecule has 1 aromatic carbocycles. The van der Waals surface area contributed by atoms with Gasteiger partial charge >= 0.3 is 5.97 Å². The van der Waals surface area contributed by atoms with Crippen LogP contribution in [0.5, 0.6) is 0 Å². The first-order chi connectivity index (χ1) is 13.2. The number of ketones is 1. The second-order valence-electron chi connectivity index (χ2n) is 6.16. The summed E-state index contributed by atoms with van der Waals surface area (Å²) in [6.07, 6.45) is 0. The first-order valence-electron chi connectivity index (χ1n) is 8.43. The fourth-order valence-corrected chi connectivity index (χ4v) is 4.00. The van der Waals surface area contributed by atoms with Crippen molar-refractivity contribution >= 4 is 21.8 Å². The summed E-state index contributed by atoms with van der Waals surface area (Å²) in [6.45, 7) is 3.40. The van der Waals surface area contributed by atoms with E-state index >= 15 is 0 Å². The van der Waals surface area contributed by atoms with Crippen LogP contribution in [0.3, 0.4) is 0 Å². The van der Waals surface area contributed by atoms with E-state index in [0.29, 0.717) is 18.8 Å². The lowest BCUT2D eigenvalue weighted by molar-refractivity contribution is -0.118. The van der Waals surface area contributed by atoms with E-state index in [2.05, 4.69) is 0 Å². The van der Waals surface area contributed by atoms with Gasteiger partial charge in [-0.05, 0) is 31.5 Å². The van der Waals surface area contributed by atoms with E-state index in [4.69, 9.17) is 20.5 Å². The zero-order chi connectivity index (χ0) is 20.9. The number of nitriles is 1. The number of nitrogens with two attached hydrogens (primary N) is 1. The number of esters is 1. The zero-order valence-corrected chi connectivity index (χ0v) is 16.4. The predicted octanol–water partition coefficient (Wildman–Crippen LogP) is 0.498. The lowest BCUT2D eigenvalue weighted by atomic mass is 10.1. The number of Topliss-reactive ketones (excluding diaryl/α,β-unsaturated/α-hetero) is 1. The third-order valence-corrected chi connectivity index (χ3v) is 6.05. The quantitative estimate of drug-likeness (QED) is 0.408. The normalized spacial score (nSPS) is 16.0. The number of allylic oxidation sites excluding steroid dienone is 1. The van der Waals surface area contributed by atoms with Crippen molar-refractivity contribution in [1.82, 2.24) is 4.31 Å². The molecule has 0 bridgehead atoms. The van der Waals surface area contributed by atoms with Gasteiger partial charge in [0.2, 0.25) is 15.8 Å². The van der Waals surface area contributed by atoms with Crippen LogP contribution in [0.1, 0.15) is 22.8 Å². The summed E-state index contributed by atoms with van der Waals surface area (Å²) in [5.41, 5.74) is 5.70. The first kappa shape index (κ1) is 21.6. The Bertz CT molecular complexity index is 952. The second-order valence-corrected chi connectivity index (χ2v) is 8.10. The molecule has 9 nitrogen and oxygen atoms in total. The maximum absolute atomic E-state index is 12.8. The van der Waals surface area contributed by atoms with Crippen molar-refractivity contribution in [2.45, 2.75) is 18.7 Å². The van der Waals surface area contributed by atoms with Crippen LogP contribution in [0.4, 0.5) is 0 Å². The molecule has 1 heterocycles. The number of carbonyl (C=O) groups is 2. The summed E-state index contributed by atoms with van der Waals surface area (Å²) < 4.78 is 36.9. The molecule has 1 aromatic rings. The Morgan fingerprint density at radius 2 is 1.96 bits per heavy atom. The SMILES string of the molecule is CC(N)=C(C#N)C(=O)COC(=O)c1cc(S(=O)(=O)N2CCOCC2)ccc1C. The van der Waals surface area contributed by atoms with Crippen molar-refractivity contribution in [3.05, 3.63) is 40.6 Å². The van der Waals surface area contributed by atoms with E-state index in [-0.39, 0.29) is 34.8 Å². The third-order valence-electron chi connectivity index (χ3n) is 4.16. The van der Waals surface area contributed by atoms with Crippen LogP contribution >= 0.6 is 0 Å². The Morgan fingerprint density at radius 3 is 2.54 bits per heavy atom. The molecule has 150 valence electrons. The van der Waals surface area contributed by atoms with Gasteiger partial charge in [0.25, 0.3) is 0 Å². The fourth-order valence-electron chi connectivity index (χ4n) is 2.57. The number of aryl methyl sites for hydroxylation is 1. The number of benzene rings is 1. The van der Waals surface area contributed by atoms with Gasteiger partial charge in [-0.15, -0.1) is 0 Å². The number of nitrogens with zero attached hydrogens (tertiary/aromatic N) is 2. The summed E-state index contributed by atoms with van der Waals surface area (Å²) in [5, 5.41) is 8.91. The summed E-state index contributed by atoms with van der Waals surface area (Å²) in [4.78, 5) is 24.2. The van der Waals surface area contributed by atoms with Crippen LogP contribution < -0.4 is 5.73 Å². The van der Waals surface area contributed by atoms with E-state index in [1.165, 1.54) is 29.4 Å². The van der Waals surface area contributed by atoms with Crippen LogP contribution in [0.25, 0.3) is 0 Å². The Balaban J connectivity index is 2.21. The summed E-state index contributed by atoms with van der Waals surface area (Å²) in [6, 6.07) is 5.79. The standard InChI is InChI=1S/C18H21N3O6S/c1-12-3-4-14(28(24,25)21-5-7-26-8-6-21)9-15(12)18(23)27-11-17(22)16(10-19)13(2)20/h3-4,9H,5-8,11,20H2,1-2H3. The molecule has 0 spiro atoms. The van der Waals surface area contributed by atoms with Crippen molar-refractivity contribution in [3.8, 4) is 6.07 Å². The number of carbonyl (C=O) groups excluding carboxylic acids is 2. The molecule has 2 rings (SSSR count). The molecule has 1 aliphatic heterocycles. The van der Waals surface area contributed by atoms with Gasteiger partial charge in [-0.3, -0.25) is 4.79 Å². The van der Waals surface area contributed by atoms with Crippen molar-refractivity contribution in [1.29, 1.82) is 5.26 Å². The lowest BCUT2D eigenvalue weighted by Crippen LogP contribution is -2.40. The van der Waals surface area contributed by atoms with Gasteiger partial charge in [0.15, 0.2) is 6.61 Å². The highest BCUT2D eigenvalue weighted by Crippen LogP contribution is 2.21. The van der Waals surface area contributed by atoms with Crippen molar-refractivity contribution < 1.29 is 27.5 Å². The second kappa shape index (κ2) is 8.97. The van der Waals surface area contributed by atoms with E-state index in [0.717, 1.165) is 0 Å². The molecule has 0 radical (unpaired) electrons. The van der Waals surface area contributed by atoms with Crippen molar-refractivity contribution in [3.63, 3.8) is 0 Å². The molecule has 0 aliphatic carbocycles. The van der Waals surface area contributed by atoms with Crippen LogP contribution in [0, 0.1) is 18.3 Å². The summed E-state index contributed by atoms with van der Waals surface area (Å²) in [5.74, 6) is -1.59. The largest absolute Gasteiger partial charge is 0.454 e. The van der Waals surface area contributed by atoms with Gasteiger partial charge < -0.3 is 15.2 Å². The molecule has 0 unspecified atom stereocenters. The third kappa shape index (κ3) is 4.75. The van der Waals surface area contributed by atoms with Gasteiger partial charge in [0.1, 0.15) is 11.6 Å². The maximum atomic E-state index is 12.8. The van der Waals surface area contributed by atoms with Gasteiger partial charge in [-0.25, -0.2) is 13.2 Å². The highest BCUT2D eigenvalue weighted by molar-refractivity contribution is 7.89. The molecular formula is C18H21N3O6S. The molecule has 1 fully saturated rings. The lowest BCUT2D eigenvalue weighted by Gasteiger charge is -2.26. The topological polar surface area (TPSA) is 140 Å². The zero-order valence-electron chi connectivity index (χ0n) is 15.6. The number of hydrogen-bond acceptors (Lipinski definition) is 8. The van der Waals surface area contributed by atoms with Crippen LogP contribution in [0.2, 0.25) is 0 Å². The molecule has 0 amide bonds. The van der Waals surface area contributed by atoms with Crippen LogP contribution in [-0.4, -0.2) is 57.4 Å². The molecule has 2 N–H and O–H groups in total. The number of hydrogen-bond donors (Lipinski definition) is 1. The average Bonchev–Trinajstić information content (AvgIpc) is 2.67. The maximum Gasteiger partial charge on any atom is 0.338 e. The monoisotopic (exact) mass is 407 g/mol. The van der Waals surface area contributed by atoms with Crippen molar-refractivity contribution in [2.75, 3.05) is 32.9 Å². The number of sulfonamides is 1. The Labute approximate surface area is 163 Å². The Kier molecular flexibility index (Phi) is 6.90. The average molecular weight is 407 g/mol. The van der Waals surface area contributed by atoms with E-state index < -0.39 is 28.4 Å². The van der Waals surface area contributed by atoms with Gasteiger partial charge in [-0.1, -0.05) is 6.07 Å². The van der Waals surface area contributed by atoms with E-state index in [1.54, 1.807) is 13.0 Å². The minimum atomic E-state index is -3.78. The van der Waals surface area contributed by atoms with Crippen molar-refractivity contribution in [2.24, 2.45) is 5.73 Å². The molecule has 0 saturated carbocycles. The smallest absolute Gasteiger partial charge is 0.338 e. The molecular weight excluding hydrogens is 386 g/mol. The predicted molar refractivity (Wildman–Crippen MR) is 98.5 cm³/mol. The Hall–Kier alpha value is -2.74. The summed E-state index contributed by atoms with van der Waals surface area (Å²) in [7, 11) is -3.78. The van der Waals surface area contributed by atoms with Gasteiger partial charge in [0.05, 0.1) is 23.7 Å². The molecule has 1 aliphatic rings. The molecule has 28 heavy (non-hydrogen) atoms. The molecule has 1 saturated heterocycles. The fraction of sp³-hybridized carbons (Fsp3) is 0.389. The number of morpholine rings is 1. The van der Waals surface area contributed by atoms with E-state index in [1.807, 2.05) is 0 Å². The summed E-state index contributed by atoms with van der Waals surface area (Å²) >= 11 is 0. The first-order valence-corrected chi connectivity index (χ1v) is 9.87.